The number of ether oxygens (including phenoxy) is 2. The molecular weight excluding hydrogens is 412 g/mol. The molecule has 3 atom stereocenters. The standard InChI is InChI=1S/C24H24N2O6/c27-21-15-5-7-17-20-18(24(30)26(23(17)29)12-14-4-2-10-32-14)8-6-16(19(15)20)22(28)25(21)11-13-3-1-9-31-13/h5-8,13-14,21,27H,1-4,9-12H2. The average molecular weight is 436 g/mol. The van der Waals surface area contributed by atoms with Gasteiger partial charge in [0.05, 0.1) is 25.3 Å². The number of hydrogen-bond donors (Lipinski definition) is 1. The molecule has 0 saturated carbocycles. The number of rotatable bonds is 4. The second kappa shape index (κ2) is 7.37. The van der Waals surface area contributed by atoms with E-state index in [2.05, 4.69) is 0 Å². The van der Waals surface area contributed by atoms with Gasteiger partial charge >= 0.3 is 0 Å². The quantitative estimate of drug-likeness (QED) is 0.739. The summed E-state index contributed by atoms with van der Waals surface area (Å²) in [5, 5.41) is 12.0. The van der Waals surface area contributed by atoms with E-state index in [9.17, 15) is 19.5 Å². The lowest BCUT2D eigenvalue weighted by atomic mass is 9.85. The molecule has 2 fully saturated rings. The van der Waals surface area contributed by atoms with Gasteiger partial charge < -0.3 is 19.5 Å². The molecule has 4 heterocycles. The van der Waals surface area contributed by atoms with Crippen LogP contribution in [0.25, 0.3) is 10.8 Å². The Morgan fingerprint density at radius 3 is 1.94 bits per heavy atom. The van der Waals surface area contributed by atoms with Gasteiger partial charge in [0.15, 0.2) is 6.23 Å². The molecule has 166 valence electrons. The van der Waals surface area contributed by atoms with Gasteiger partial charge in [0.25, 0.3) is 17.7 Å². The number of aliphatic hydroxyl groups is 1. The van der Waals surface area contributed by atoms with Crippen LogP contribution in [0.15, 0.2) is 24.3 Å². The number of nitrogens with zero attached hydrogens (tertiary/aromatic N) is 2. The Bertz CT molecular complexity index is 1130. The summed E-state index contributed by atoms with van der Waals surface area (Å²) in [6, 6.07) is 6.62. The molecule has 4 aliphatic heterocycles. The minimum Gasteiger partial charge on any atom is -0.376 e. The fourth-order valence-electron chi connectivity index (χ4n) is 5.44. The maximum Gasteiger partial charge on any atom is 0.261 e. The Morgan fingerprint density at radius 2 is 1.34 bits per heavy atom. The van der Waals surface area contributed by atoms with E-state index in [1.807, 2.05) is 0 Å². The molecule has 0 radical (unpaired) electrons. The Hall–Kier alpha value is -2.81. The van der Waals surface area contributed by atoms with Crippen molar-refractivity contribution in [3.8, 4) is 0 Å². The predicted octanol–water partition coefficient (Wildman–Crippen LogP) is 2.24. The Labute approximate surface area is 184 Å². The normalized spacial score (nSPS) is 27.2. The van der Waals surface area contributed by atoms with E-state index in [4.69, 9.17) is 9.47 Å². The smallest absolute Gasteiger partial charge is 0.261 e. The van der Waals surface area contributed by atoms with Crippen LogP contribution in [-0.4, -0.2) is 71.1 Å². The van der Waals surface area contributed by atoms with E-state index in [0.717, 1.165) is 25.7 Å². The van der Waals surface area contributed by atoms with Gasteiger partial charge in [-0.05, 0) is 43.9 Å². The van der Waals surface area contributed by atoms with E-state index < -0.39 is 6.23 Å². The molecule has 6 rings (SSSR count). The van der Waals surface area contributed by atoms with Gasteiger partial charge in [0.1, 0.15) is 0 Å². The summed E-state index contributed by atoms with van der Waals surface area (Å²) in [5.41, 5.74) is 1.69. The van der Waals surface area contributed by atoms with Gasteiger partial charge in [0, 0.05) is 46.2 Å². The van der Waals surface area contributed by atoms with Crippen LogP contribution in [-0.2, 0) is 9.47 Å². The molecule has 2 aromatic carbocycles. The fourth-order valence-corrected chi connectivity index (χ4v) is 5.44. The molecule has 0 bridgehead atoms. The molecule has 8 heteroatoms. The first-order valence-corrected chi connectivity index (χ1v) is 11.2. The van der Waals surface area contributed by atoms with E-state index in [1.165, 1.54) is 9.80 Å². The first-order chi connectivity index (χ1) is 15.5. The summed E-state index contributed by atoms with van der Waals surface area (Å²) in [6.45, 7) is 1.83. The molecule has 0 aromatic heterocycles. The molecule has 2 saturated heterocycles. The SMILES string of the molecule is O=C1c2ccc3c4c(ccc(c24)C(=O)N1CC1CCCO1)C(O)N(CC1CCCO1)C3=O. The zero-order valence-corrected chi connectivity index (χ0v) is 17.6. The highest BCUT2D eigenvalue weighted by Crippen LogP contribution is 2.41. The van der Waals surface area contributed by atoms with Crippen LogP contribution in [0.2, 0.25) is 0 Å². The molecule has 1 N–H and O–H groups in total. The Balaban J connectivity index is 1.43. The lowest BCUT2D eigenvalue weighted by Crippen LogP contribution is -2.46. The maximum absolute atomic E-state index is 13.3. The average Bonchev–Trinajstić information content (AvgIpc) is 3.50. The number of carbonyl (C=O) groups excluding carboxylic acids is 3. The molecule has 4 aliphatic rings. The molecule has 0 aliphatic carbocycles. The van der Waals surface area contributed by atoms with E-state index in [1.54, 1.807) is 24.3 Å². The summed E-state index contributed by atoms with van der Waals surface area (Å²) >= 11 is 0. The van der Waals surface area contributed by atoms with Crippen LogP contribution in [0.5, 0.6) is 0 Å². The Kier molecular flexibility index (Phi) is 4.57. The minimum absolute atomic E-state index is 0.0995. The van der Waals surface area contributed by atoms with Crippen LogP contribution < -0.4 is 0 Å². The van der Waals surface area contributed by atoms with E-state index in [0.29, 0.717) is 52.8 Å². The van der Waals surface area contributed by atoms with E-state index in [-0.39, 0.29) is 36.5 Å². The maximum atomic E-state index is 13.3. The number of hydrogen-bond acceptors (Lipinski definition) is 6. The fraction of sp³-hybridized carbons (Fsp3) is 0.458. The summed E-state index contributed by atoms with van der Waals surface area (Å²) in [4.78, 5) is 42.5. The summed E-state index contributed by atoms with van der Waals surface area (Å²) < 4.78 is 11.3. The molecule has 3 unspecified atom stereocenters. The monoisotopic (exact) mass is 436 g/mol. The first kappa shape index (κ1) is 19.8. The largest absolute Gasteiger partial charge is 0.376 e. The summed E-state index contributed by atoms with van der Waals surface area (Å²) in [7, 11) is 0. The van der Waals surface area contributed by atoms with Crippen LogP contribution in [0.4, 0.5) is 0 Å². The minimum atomic E-state index is -1.15. The highest BCUT2D eigenvalue weighted by Gasteiger charge is 2.41. The van der Waals surface area contributed by atoms with Crippen molar-refractivity contribution in [3.05, 3.63) is 46.5 Å². The predicted molar refractivity (Wildman–Crippen MR) is 113 cm³/mol. The Morgan fingerprint density at radius 1 is 0.781 bits per heavy atom. The summed E-state index contributed by atoms with van der Waals surface area (Å²) in [6.07, 6.45) is 2.12. The van der Waals surface area contributed by atoms with Gasteiger partial charge in [-0.15, -0.1) is 0 Å². The third-order valence-electron chi connectivity index (χ3n) is 7.04. The van der Waals surface area contributed by atoms with Crippen molar-refractivity contribution in [2.24, 2.45) is 0 Å². The van der Waals surface area contributed by atoms with E-state index >= 15 is 0 Å². The highest BCUT2D eigenvalue weighted by atomic mass is 16.5. The van der Waals surface area contributed by atoms with Crippen molar-refractivity contribution in [1.29, 1.82) is 0 Å². The zero-order valence-electron chi connectivity index (χ0n) is 17.6. The van der Waals surface area contributed by atoms with Crippen molar-refractivity contribution in [1.82, 2.24) is 9.80 Å². The number of aliphatic hydroxyl groups excluding tert-OH is 1. The van der Waals surface area contributed by atoms with Crippen molar-refractivity contribution < 1.29 is 29.0 Å². The molecule has 8 nitrogen and oxygen atoms in total. The number of amides is 3. The van der Waals surface area contributed by atoms with Gasteiger partial charge in [-0.2, -0.15) is 0 Å². The third-order valence-corrected chi connectivity index (χ3v) is 7.04. The van der Waals surface area contributed by atoms with Gasteiger partial charge in [-0.1, -0.05) is 6.07 Å². The highest BCUT2D eigenvalue weighted by molar-refractivity contribution is 6.28. The summed E-state index contributed by atoms with van der Waals surface area (Å²) in [5.74, 6) is -1.08. The molecule has 0 spiro atoms. The molecule has 2 aromatic rings. The molecular formula is C24H24N2O6. The van der Waals surface area contributed by atoms with Crippen molar-refractivity contribution in [2.75, 3.05) is 26.3 Å². The zero-order chi connectivity index (χ0) is 22.0. The first-order valence-electron chi connectivity index (χ1n) is 11.2. The number of imide groups is 1. The van der Waals surface area contributed by atoms with Gasteiger partial charge in [-0.3, -0.25) is 19.3 Å². The lowest BCUT2D eigenvalue weighted by molar-refractivity contribution is -0.0195. The second-order valence-corrected chi connectivity index (χ2v) is 8.94. The van der Waals surface area contributed by atoms with Gasteiger partial charge in [-0.25, -0.2) is 0 Å². The topological polar surface area (TPSA) is 96.4 Å². The van der Waals surface area contributed by atoms with Crippen LogP contribution in [0, 0.1) is 0 Å². The van der Waals surface area contributed by atoms with Crippen molar-refractivity contribution >= 4 is 28.5 Å². The van der Waals surface area contributed by atoms with Crippen LogP contribution >= 0.6 is 0 Å². The number of benzene rings is 2. The van der Waals surface area contributed by atoms with Crippen molar-refractivity contribution in [3.63, 3.8) is 0 Å². The van der Waals surface area contributed by atoms with Crippen LogP contribution in [0.3, 0.4) is 0 Å². The second-order valence-electron chi connectivity index (χ2n) is 8.94. The van der Waals surface area contributed by atoms with Crippen molar-refractivity contribution in [2.45, 2.75) is 44.1 Å². The number of carbonyl (C=O) groups is 3. The lowest BCUT2D eigenvalue weighted by Gasteiger charge is -2.37. The molecule has 32 heavy (non-hydrogen) atoms. The third kappa shape index (κ3) is 2.83. The van der Waals surface area contributed by atoms with Crippen LogP contribution in [0.1, 0.15) is 68.5 Å². The molecule has 3 amide bonds. The van der Waals surface area contributed by atoms with Gasteiger partial charge in [0.2, 0.25) is 0 Å².